The maximum absolute atomic E-state index is 5.12. The molecule has 0 aliphatic heterocycles. The Bertz CT molecular complexity index is 1270. The van der Waals surface area contributed by atoms with Crippen molar-refractivity contribution in [1.29, 1.82) is 0 Å². The number of fused-ring (bicyclic) bond motifs is 7. The van der Waals surface area contributed by atoms with Crippen LogP contribution in [0, 0.1) is 6.92 Å². The van der Waals surface area contributed by atoms with Crippen molar-refractivity contribution in [3.63, 3.8) is 0 Å². The van der Waals surface area contributed by atoms with Crippen LogP contribution in [0.2, 0.25) is 0 Å². The monoisotopic (exact) mass is 370 g/mol. The second-order valence-electron chi connectivity index (χ2n) is 10.5. The minimum Gasteiger partial charge on any atom is -0.299 e. The van der Waals surface area contributed by atoms with Gasteiger partial charge in [0.05, 0.1) is 11.0 Å². The molecule has 2 nitrogen and oxygen atoms in total. The van der Waals surface area contributed by atoms with E-state index in [1.165, 1.54) is 45.0 Å². The number of aryl methyl sites for hydroxylation is 1. The van der Waals surface area contributed by atoms with Crippen molar-refractivity contribution in [2.75, 3.05) is 0 Å². The molecule has 4 aromatic rings. The van der Waals surface area contributed by atoms with Crippen LogP contribution in [0.15, 0.2) is 36.5 Å². The molecular weight excluding hydrogens is 340 g/mol. The summed E-state index contributed by atoms with van der Waals surface area (Å²) in [4.78, 5) is 5.12. The van der Waals surface area contributed by atoms with Gasteiger partial charge in [-0.05, 0) is 69.9 Å². The van der Waals surface area contributed by atoms with Crippen LogP contribution < -0.4 is 0 Å². The number of imidazole rings is 1. The van der Waals surface area contributed by atoms with Gasteiger partial charge in [-0.1, -0.05) is 59.7 Å². The maximum Gasteiger partial charge on any atom is 0.145 e. The second-order valence-corrected chi connectivity index (χ2v) is 10.5. The lowest BCUT2D eigenvalue weighted by atomic mass is 9.83. The lowest BCUT2D eigenvalue weighted by Crippen LogP contribution is -2.13. The van der Waals surface area contributed by atoms with Crippen molar-refractivity contribution in [3.05, 3.63) is 58.8 Å². The van der Waals surface area contributed by atoms with Crippen molar-refractivity contribution in [3.8, 4) is 0 Å². The van der Waals surface area contributed by atoms with E-state index in [-0.39, 0.29) is 10.8 Å². The first kappa shape index (κ1) is 17.7. The van der Waals surface area contributed by atoms with Gasteiger partial charge in [0.25, 0.3) is 0 Å². The zero-order valence-electron chi connectivity index (χ0n) is 18.1. The molecule has 28 heavy (non-hydrogen) atoms. The first-order valence-corrected chi connectivity index (χ1v) is 10.5. The van der Waals surface area contributed by atoms with E-state index >= 15 is 0 Å². The molecule has 144 valence electrons. The Morgan fingerprint density at radius 1 is 1.11 bits per heavy atom. The second kappa shape index (κ2) is 5.37. The summed E-state index contributed by atoms with van der Waals surface area (Å²) in [7, 11) is 0. The Morgan fingerprint density at radius 2 is 1.86 bits per heavy atom. The standard InChI is InChI=1S/C26H30N2/c1-15-12-20-23(21-16(2)14-26(6,7)22(15)21)28-11-10-17-13-18(25(3,4)5)8-9-19(17)24(28)27-20/h8-13,16H,14H2,1-7H3. The van der Waals surface area contributed by atoms with E-state index in [9.17, 15) is 0 Å². The van der Waals surface area contributed by atoms with Gasteiger partial charge in [-0.3, -0.25) is 4.40 Å². The summed E-state index contributed by atoms with van der Waals surface area (Å²) in [5.41, 5.74) is 9.72. The molecule has 1 unspecified atom stereocenters. The maximum atomic E-state index is 5.12. The normalized spacial score (nSPS) is 19.0. The minimum atomic E-state index is 0.152. The van der Waals surface area contributed by atoms with Gasteiger partial charge < -0.3 is 0 Å². The molecule has 0 amide bonds. The molecule has 1 aliphatic rings. The molecule has 0 N–H and O–H groups in total. The molecule has 1 aliphatic carbocycles. The summed E-state index contributed by atoms with van der Waals surface area (Å²) < 4.78 is 2.34. The van der Waals surface area contributed by atoms with E-state index in [0.29, 0.717) is 5.92 Å². The zero-order chi connectivity index (χ0) is 20.0. The Balaban J connectivity index is 1.89. The van der Waals surface area contributed by atoms with Crippen LogP contribution >= 0.6 is 0 Å². The third-order valence-electron chi connectivity index (χ3n) is 6.76. The van der Waals surface area contributed by atoms with Gasteiger partial charge in [0.2, 0.25) is 0 Å². The molecule has 2 aromatic heterocycles. The van der Waals surface area contributed by atoms with Gasteiger partial charge in [0.15, 0.2) is 0 Å². The SMILES string of the molecule is Cc1cc2nc3c4ccc(C(C)(C)C)cc4ccn3c2c2c1C(C)(C)CC2C. The van der Waals surface area contributed by atoms with Crippen LogP contribution in [0.25, 0.3) is 27.5 Å². The van der Waals surface area contributed by atoms with Gasteiger partial charge >= 0.3 is 0 Å². The Kier molecular flexibility index (Phi) is 3.40. The topological polar surface area (TPSA) is 17.3 Å². The highest BCUT2D eigenvalue weighted by Gasteiger charge is 2.38. The molecule has 0 bridgehead atoms. The van der Waals surface area contributed by atoms with Gasteiger partial charge in [-0.2, -0.15) is 0 Å². The highest BCUT2D eigenvalue weighted by molar-refractivity contribution is 5.99. The fourth-order valence-corrected chi connectivity index (χ4v) is 5.64. The molecule has 2 heteroatoms. The third kappa shape index (κ3) is 2.30. The van der Waals surface area contributed by atoms with Crippen LogP contribution in [0.4, 0.5) is 0 Å². The van der Waals surface area contributed by atoms with Crippen molar-refractivity contribution in [1.82, 2.24) is 9.38 Å². The molecule has 5 rings (SSSR count). The summed E-state index contributed by atoms with van der Waals surface area (Å²) in [6.07, 6.45) is 3.44. The highest BCUT2D eigenvalue weighted by atomic mass is 15.0. The Morgan fingerprint density at radius 3 is 2.57 bits per heavy atom. The van der Waals surface area contributed by atoms with Gasteiger partial charge in [-0.15, -0.1) is 0 Å². The fraction of sp³-hybridized carbons (Fsp3) is 0.423. The van der Waals surface area contributed by atoms with Crippen LogP contribution in [-0.2, 0) is 10.8 Å². The van der Waals surface area contributed by atoms with Gasteiger partial charge in [0, 0.05) is 11.6 Å². The minimum absolute atomic E-state index is 0.152. The molecule has 0 saturated heterocycles. The van der Waals surface area contributed by atoms with Crippen LogP contribution in [0.1, 0.15) is 76.1 Å². The number of hydrogen-bond donors (Lipinski definition) is 0. The Labute approximate surface area is 167 Å². The predicted octanol–water partition coefficient (Wildman–Crippen LogP) is 7.03. The molecule has 1 atom stereocenters. The zero-order valence-corrected chi connectivity index (χ0v) is 18.1. The summed E-state index contributed by atoms with van der Waals surface area (Å²) in [6.45, 7) is 16.2. The summed E-state index contributed by atoms with van der Waals surface area (Å²) in [5, 5.41) is 2.51. The first-order valence-electron chi connectivity index (χ1n) is 10.5. The Hall–Kier alpha value is -2.35. The van der Waals surface area contributed by atoms with Crippen LogP contribution in [-0.4, -0.2) is 9.38 Å². The van der Waals surface area contributed by atoms with Crippen LogP contribution in [0.5, 0.6) is 0 Å². The van der Waals surface area contributed by atoms with Gasteiger partial charge in [0.1, 0.15) is 5.65 Å². The summed E-state index contributed by atoms with van der Waals surface area (Å²) in [6, 6.07) is 11.4. The molecule has 2 aromatic carbocycles. The number of benzene rings is 2. The van der Waals surface area contributed by atoms with Crippen LogP contribution in [0.3, 0.4) is 0 Å². The molecular formula is C26H30N2. The van der Waals surface area contributed by atoms with Crippen molar-refractivity contribution in [2.24, 2.45) is 0 Å². The van der Waals surface area contributed by atoms with E-state index in [2.05, 4.69) is 89.4 Å². The largest absolute Gasteiger partial charge is 0.299 e. The number of nitrogens with zero attached hydrogens (tertiary/aromatic N) is 2. The molecule has 0 radical (unpaired) electrons. The van der Waals surface area contributed by atoms with E-state index in [1.807, 2.05) is 0 Å². The van der Waals surface area contributed by atoms with Gasteiger partial charge in [-0.25, -0.2) is 4.98 Å². The van der Waals surface area contributed by atoms with E-state index in [1.54, 1.807) is 0 Å². The molecule has 0 saturated carbocycles. The quantitative estimate of drug-likeness (QED) is 0.325. The average molecular weight is 371 g/mol. The van der Waals surface area contributed by atoms with Crippen molar-refractivity contribution in [2.45, 2.75) is 71.6 Å². The number of aromatic nitrogens is 2. The smallest absolute Gasteiger partial charge is 0.145 e. The van der Waals surface area contributed by atoms with E-state index < -0.39 is 0 Å². The number of hydrogen-bond acceptors (Lipinski definition) is 1. The molecule has 2 heterocycles. The lowest BCUT2D eigenvalue weighted by Gasteiger charge is -2.21. The summed E-state index contributed by atoms with van der Waals surface area (Å²) >= 11 is 0. The van der Waals surface area contributed by atoms with Crippen molar-refractivity contribution < 1.29 is 0 Å². The highest BCUT2D eigenvalue weighted by Crippen LogP contribution is 2.50. The van der Waals surface area contributed by atoms with E-state index in [4.69, 9.17) is 4.98 Å². The molecule has 0 spiro atoms. The predicted molar refractivity (Wildman–Crippen MR) is 120 cm³/mol. The van der Waals surface area contributed by atoms with E-state index in [0.717, 1.165) is 11.2 Å². The average Bonchev–Trinajstić information content (AvgIpc) is 3.07. The number of rotatable bonds is 0. The fourth-order valence-electron chi connectivity index (χ4n) is 5.64. The number of pyridine rings is 1. The lowest BCUT2D eigenvalue weighted by molar-refractivity contribution is 0.488. The first-order chi connectivity index (χ1) is 13.1. The summed E-state index contributed by atoms with van der Waals surface area (Å²) in [5.74, 6) is 0.561. The third-order valence-corrected chi connectivity index (χ3v) is 6.76. The van der Waals surface area contributed by atoms with Crippen molar-refractivity contribution >= 4 is 27.5 Å². The molecule has 0 fully saturated rings.